The minimum Gasteiger partial charge on any atom is -0.444 e. The van der Waals surface area contributed by atoms with E-state index in [0.717, 1.165) is 0 Å². The summed E-state index contributed by atoms with van der Waals surface area (Å²) >= 11 is 5.87. The number of benzene rings is 1. The standard InChI is InChI=1S/C24H29ClFN5O3/c1-23(2,3)34-22(33)30-12-10-24(26,11-13-30)17-4-6-18(7-5-17)31(21(32)16-14-27-15-16)20-9-8-19(25)28-29-20/h4-9,16,27H,10-15H2,1-3H3. The van der Waals surface area contributed by atoms with Gasteiger partial charge in [0.15, 0.2) is 11.0 Å². The van der Waals surface area contributed by atoms with Crippen LogP contribution in [0.25, 0.3) is 0 Å². The molecular formula is C24H29ClFN5O3. The largest absolute Gasteiger partial charge is 0.444 e. The van der Waals surface area contributed by atoms with E-state index in [1.807, 2.05) is 0 Å². The summed E-state index contributed by atoms with van der Waals surface area (Å²) in [6.07, 6.45) is -0.0800. The molecule has 3 heterocycles. The second kappa shape index (κ2) is 9.46. The number of alkyl halides is 1. The smallest absolute Gasteiger partial charge is 0.410 e. The SMILES string of the molecule is CC(C)(C)OC(=O)N1CCC(F)(c2ccc(N(C(=O)C3CNC3)c3ccc(Cl)nn3)cc2)CC1. The Hall–Kier alpha value is -2.78. The predicted molar refractivity (Wildman–Crippen MR) is 127 cm³/mol. The Labute approximate surface area is 203 Å². The Kier molecular flexibility index (Phi) is 6.78. The third-order valence-electron chi connectivity index (χ3n) is 6.05. The van der Waals surface area contributed by atoms with Crippen LogP contribution in [0.4, 0.5) is 20.7 Å². The Morgan fingerprint density at radius 1 is 1.12 bits per heavy atom. The Balaban J connectivity index is 1.50. The van der Waals surface area contributed by atoms with Crippen LogP contribution in [0.15, 0.2) is 36.4 Å². The number of likely N-dealkylation sites (tertiary alicyclic amines) is 1. The third-order valence-corrected chi connectivity index (χ3v) is 6.25. The maximum atomic E-state index is 15.8. The van der Waals surface area contributed by atoms with Crippen molar-refractivity contribution >= 4 is 35.1 Å². The quantitative estimate of drug-likeness (QED) is 0.692. The normalized spacial score (nSPS) is 18.2. The average Bonchev–Trinajstić information content (AvgIpc) is 2.74. The summed E-state index contributed by atoms with van der Waals surface area (Å²) < 4.78 is 21.2. The number of carbonyl (C=O) groups is 2. The van der Waals surface area contributed by atoms with Gasteiger partial charge in [0.05, 0.1) is 11.6 Å². The fourth-order valence-electron chi connectivity index (χ4n) is 4.01. The molecule has 2 aromatic rings. The second-order valence-corrected chi connectivity index (χ2v) is 10.1. The van der Waals surface area contributed by atoms with E-state index in [-0.39, 0.29) is 42.9 Å². The summed E-state index contributed by atoms with van der Waals surface area (Å²) in [5, 5.41) is 11.3. The first-order chi connectivity index (χ1) is 16.1. The lowest BCUT2D eigenvalue weighted by Crippen LogP contribution is -2.51. The summed E-state index contributed by atoms with van der Waals surface area (Å²) in [4.78, 5) is 28.5. The number of amides is 2. The first-order valence-corrected chi connectivity index (χ1v) is 11.7. The molecule has 1 N–H and O–H groups in total. The van der Waals surface area contributed by atoms with Gasteiger partial charge in [-0.25, -0.2) is 9.18 Å². The summed E-state index contributed by atoms with van der Waals surface area (Å²) in [7, 11) is 0. The van der Waals surface area contributed by atoms with E-state index in [1.54, 1.807) is 62.1 Å². The van der Waals surface area contributed by atoms with Crippen LogP contribution in [0.2, 0.25) is 5.15 Å². The highest BCUT2D eigenvalue weighted by atomic mass is 35.5. The summed E-state index contributed by atoms with van der Waals surface area (Å²) in [6, 6.07) is 10.0. The molecule has 0 saturated carbocycles. The molecule has 34 heavy (non-hydrogen) atoms. The van der Waals surface area contributed by atoms with Crippen LogP contribution < -0.4 is 10.2 Å². The van der Waals surface area contributed by atoms with Gasteiger partial charge in [-0.3, -0.25) is 9.69 Å². The number of piperidine rings is 1. The van der Waals surface area contributed by atoms with Crippen LogP contribution in [0, 0.1) is 5.92 Å². The van der Waals surface area contributed by atoms with E-state index < -0.39 is 17.4 Å². The van der Waals surface area contributed by atoms with E-state index in [0.29, 0.717) is 30.2 Å². The van der Waals surface area contributed by atoms with Gasteiger partial charge in [-0.15, -0.1) is 10.2 Å². The van der Waals surface area contributed by atoms with Crippen LogP contribution >= 0.6 is 11.6 Å². The molecule has 0 radical (unpaired) electrons. The van der Waals surface area contributed by atoms with Gasteiger partial charge >= 0.3 is 6.09 Å². The predicted octanol–water partition coefficient (Wildman–Crippen LogP) is 4.21. The van der Waals surface area contributed by atoms with E-state index in [4.69, 9.17) is 16.3 Å². The highest BCUT2D eigenvalue weighted by Gasteiger charge is 2.39. The lowest BCUT2D eigenvalue weighted by Gasteiger charge is -2.37. The Morgan fingerprint density at radius 2 is 1.76 bits per heavy atom. The molecule has 2 amide bonds. The number of aromatic nitrogens is 2. The molecule has 0 spiro atoms. The first-order valence-electron chi connectivity index (χ1n) is 11.4. The number of ether oxygens (including phenoxy) is 1. The van der Waals surface area contributed by atoms with Crippen LogP contribution in [0.1, 0.15) is 39.2 Å². The molecule has 0 atom stereocenters. The zero-order valence-corrected chi connectivity index (χ0v) is 20.3. The molecule has 10 heteroatoms. The molecule has 4 rings (SSSR count). The molecule has 2 aliphatic rings. The topological polar surface area (TPSA) is 87.7 Å². The molecule has 8 nitrogen and oxygen atoms in total. The summed E-state index contributed by atoms with van der Waals surface area (Å²) in [6.45, 7) is 7.15. The van der Waals surface area contributed by atoms with Gasteiger partial charge in [0.25, 0.3) is 0 Å². The van der Waals surface area contributed by atoms with E-state index >= 15 is 4.39 Å². The maximum Gasteiger partial charge on any atom is 0.410 e. The molecule has 182 valence electrons. The monoisotopic (exact) mass is 489 g/mol. The van der Waals surface area contributed by atoms with E-state index in [2.05, 4.69) is 15.5 Å². The third kappa shape index (κ3) is 5.31. The highest BCUT2D eigenvalue weighted by molar-refractivity contribution is 6.29. The maximum absolute atomic E-state index is 15.8. The Morgan fingerprint density at radius 3 is 2.26 bits per heavy atom. The fraction of sp³-hybridized carbons (Fsp3) is 0.500. The van der Waals surface area contributed by atoms with Gasteiger partial charge in [0, 0.05) is 39.0 Å². The van der Waals surface area contributed by atoms with Crippen molar-refractivity contribution < 1.29 is 18.7 Å². The van der Waals surface area contributed by atoms with Crippen LogP contribution in [-0.2, 0) is 15.2 Å². The van der Waals surface area contributed by atoms with Crippen molar-refractivity contribution in [3.05, 3.63) is 47.1 Å². The zero-order chi connectivity index (χ0) is 24.5. The van der Waals surface area contributed by atoms with Crippen LogP contribution in [-0.4, -0.2) is 58.9 Å². The van der Waals surface area contributed by atoms with Crippen molar-refractivity contribution in [2.45, 2.75) is 44.9 Å². The number of rotatable bonds is 4. The number of hydrogen-bond acceptors (Lipinski definition) is 6. The van der Waals surface area contributed by atoms with Crippen LogP contribution in [0.3, 0.4) is 0 Å². The number of nitrogens with one attached hydrogen (secondary N) is 1. The van der Waals surface area contributed by atoms with Gasteiger partial charge in [0.2, 0.25) is 5.91 Å². The zero-order valence-electron chi connectivity index (χ0n) is 19.6. The van der Waals surface area contributed by atoms with Crippen molar-refractivity contribution in [1.82, 2.24) is 20.4 Å². The molecule has 0 bridgehead atoms. The van der Waals surface area contributed by atoms with E-state index in [9.17, 15) is 9.59 Å². The van der Waals surface area contributed by atoms with Crippen molar-refractivity contribution in [1.29, 1.82) is 0 Å². The fourth-order valence-corrected chi connectivity index (χ4v) is 4.12. The highest BCUT2D eigenvalue weighted by Crippen LogP contribution is 2.38. The lowest BCUT2D eigenvalue weighted by molar-refractivity contribution is -0.123. The van der Waals surface area contributed by atoms with Crippen molar-refractivity contribution in [2.24, 2.45) is 5.92 Å². The molecule has 2 fully saturated rings. The molecule has 0 aliphatic carbocycles. The summed E-state index contributed by atoms with van der Waals surface area (Å²) in [5.41, 5.74) is -1.07. The Bertz CT molecular complexity index is 1030. The minimum absolute atomic E-state index is 0.108. The van der Waals surface area contributed by atoms with Crippen LogP contribution in [0.5, 0.6) is 0 Å². The molecular weight excluding hydrogens is 461 g/mol. The number of hydrogen-bond donors (Lipinski definition) is 1. The van der Waals surface area contributed by atoms with Gasteiger partial charge in [-0.1, -0.05) is 23.7 Å². The average molecular weight is 490 g/mol. The van der Waals surface area contributed by atoms with Gasteiger partial charge < -0.3 is 15.0 Å². The van der Waals surface area contributed by atoms with Crippen molar-refractivity contribution in [2.75, 3.05) is 31.1 Å². The molecule has 1 aromatic heterocycles. The van der Waals surface area contributed by atoms with Crippen molar-refractivity contribution in [3.63, 3.8) is 0 Å². The molecule has 0 unspecified atom stereocenters. The molecule has 2 saturated heterocycles. The second-order valence-electron chi connectivity index (χ2n) is 9.72. The van der Waals surface area contributed by atoms with Gasteiger partial charge in [-0.2, -0.15) is 0 Å². The first kappa shape index (κ1) is 24.3. The van der Waals surface area contributed by atoms with Gasteiger partial charge in [-0.05, 0) is 50.6 Å². The van der Waals surface area contributed by atoms with Crippen molar-refractivity contribution in [3.8, 4) is 0 Å². The number of carbonyl (C=O) groups excluding carboxylic acids is 2. The molecule has 2 aliphatic heterocycles. The minimum atomic E-state index is -1.57. The van der Waals surface area contributed by atoms with E-state index in [1.165, 1.54) is 4.90 Å². The molecule has 1 aromatic carbocycles. The summed E-state index contributed by atoms with van der Waals surface area (Å²) in [5.74, 6) is 0.0836. The number of nitrogens with zero attached hydrogens (tertiary/aromatic N) is 4. The van der Waals surface area contributed by atoms with Gasteiger partial charge in [0.1, 0.15) is 11.3 Å². The number of halogens is 2. The number of anilines is 2. The lowest BCUT2D eigenvalue weighted by atomic mass is 9.86.